The number of fused-ring (bicyclic) bond motifs is 7. The number of allylic oxidation sites excluding steroid dienone is 4. The fourth-order valence-electron chi connectivity index (χ4n) is 8.83. The van der Waals surface area contributed by atoms with Crippen molar-refractivity contribution in [1.82, 2.24) is 15.0 Å². The second-order valence-corrected chi connectivity index (χ2v) is 14.0. The molecule has 0 amide bonds. The summed E-state index contributed by atoms with van der Waals surface area (Å²) in [5.41, 5.74) is 13.2. The van der Waals surface area contributed by atoms with E-state index in [1.807, 2.05) is 0 Å². The number of hydrogen-bond acceptors (Lipinski definition) is 3. The zero-order chi connectivity index (χ0) is 32.8. The summed E-state index contributed by atoms with van der Waals surface area (Å²) in [5, 5.41) is 7.59. The molecule has 1 aromatic heterocycles. The van der Waals surface area contributed by atoms with Crippen molar-refractivity contribution < 1.29 is 0 Å². The maximum absolute atomic E-state index is 5.33. The normalized spacial score (nSPS) is 16.4. The van der Waals surface area contributed by atoms with Crippen molar-refractivity contribution in [1.29, 1.82) is 0 Å². The predicted octanol–water partition coefficient (Wildman–Crippen LogP) is 11.5. The van der Waals surface area contributed by atoms with Gasteiger partial charge in [-0.05, 0) is 119 Å². The van der Waals surface area contributed by atoms with Crippen LogP contribution in [-0.2, 0) is 0 Å². The van der Waals surface area contributed by atoms with Crippen LogP contribution in [0, 0.1) is 41.5 Å². The first-order chi connectivity index (χ1) is 23.3. The third-order valence-electron chi connectivity index (χ3n) is 10.6. The molecule has 0 saturated heterocycles. The van der Waals surface area contributed by atoms with Crippen LogP contribution in [0.2, 0.25) is 0 Å². The molecule has 1 heterocycles. The largest absolute Gasteiger partial charge is 0.208 e. The van der Waals surface area contributed by atoms with E-state index in [1.54, 1.807) is 0 Å². The number of nitrogens with zero attached hydrogens (tertiary/aromatic N) is 3. The predicted molar refractivity (Wildman–Crippen MR) is 201 cm³/mol. The second kappa shape index (κ2) is 10.6. The van der Waals surface area contributed by atoms with Crippen LogP contribution in [-0.4, -0.2) is 15.0 Å². The maximum atomic E-state index is 5.33. The average Bonchev–Trinajstić information content (AvgIpc) is 3.38. The van der Waals surface area contributed by atoms with Gasteiger partial charge in [-0.15, -0.1) is 0 Å². The van der Waals surface area contributed by atoms with Gasteiger partial charge >= 0.3 is 0 Å². The van der Waals surface area contributed by atoms with Crippen molar-refractivity contribution in [3.05, 3.63) is 148 Å². The van der Waals surface area contributed by atoms with Gasteiger partial charge in [-0.1, -0.05) is 102 Å². The number of rotatable bonds is 3. The van der Waals surface area contributed by atoms with Gasteiger partial charge in [0, 0.05) is 28.5 Å². The zero-order valence-electron chi connectivity index (χ0n) is 28.3. The first kappa shape index (κ1) is 28.8. The molecule has 0 fully saturated rings. The number of aryl methyl sites for hydroxylation is 6. The van der Waals surface area contributed by atoms with E-state index in [0.717, 1.165) is 33.7 Å². The molecule has 7 aromatic rings. The summed E-state index contributed by atoms with van der Waals surface area (Å²) in [6.45, 7) is 12.9. The van der Waals surface area contributed by atoms with Crippen LogP contribution in [0.3, 0.4) is 0 Å². The quantitative estimate of drug-likeness (QED) is 0.185. The standard InChI is InChI=1S/C45H37N3/c1-24-18-26(3)40(27(4)19-24)44-46-43(47-45(48-44)41-28(5)20-25(2)21-29(41)6)39-23-37-35-17-11-16-34-30-12-7-9-14-32(30)38(42(34)35)22-36(37)31-13-8-10-15-33(31)39/h7-23,30,32H,1-6H3. The molecular weight excluding hydrogens is 583 g/mol. The molecule has 0 radical (unpaired) electrons. The Morgan fingerprint density at radius 2 is 0.938 bits per heavy atom. The molecule has 9 rings (SSSR count). The van der Waals surface area contributed by atoms with Crippen molar-refractivity contribution >= 4 is 32.3 Å². The van der Waals surface area contributed by atoms with E-state index in [1.165, 1.54) is 71.4 Å². The van der Waals surface area contributed by atoms with Gasteiger partial charge < -0.3 is 0 Å². The van der Waals surface area contributed by atoms with Crippen LogP contribution in [0.5, 0.6) is 0 Å². The highest BCUT2D eigenvalue weighted by Gasteiger charge is 2.33. The lowest BCUT2D eigenvalue weighted by atomic mass is 9.86. The first-order valence-corrected chi connectivity index (χ1v) is 17.0. The van der Waals surface area contributed by atoms with Crippen molar-refractivity contribution in [2.45, 2.75) is 53.4 Å². The van der Waals surface area contributed by atoms with Gasteiger partial charge in [-0.3, -0.25) is 0 Å². The smallest absolute Gasteiger partial charge is 0.164 e. The molecule has 2 aliphatic carbocycles. The van der Waals surface area contributed by atoms with E-state index < -0.39 is 0 Å². The van der Waals surface area contributed by atoms with E-state index in [4.69, 9.17) is 15.0 Å². The van der Waals surface area contributed by atoms with Crippen LogP contribution in [0.1, 0.15) is 56.3 Å². The summed E-state index contributed by atoms with van der Waals surface area (Å²) >= 11 is 0. The van der Waals surface area contributed by atoms with Crippen molar-refractivity contribution in [3.63, 3.8) is 0 Å². The number of hydrogen-bond donors (Lipinski definition) is 0. The Morgan fingerprint density at radius 3 is 1.54 bits per heavy atom. The van der Waals surface area contributed by atoms with Crippen LogP contribution in [0.15, 0.2) is 103 Å². The molecule has 48 heavy (non-hydrogen) atoms. The van der Waals surface area contributed by atoms with Gasteiger partial charge in [-0.2, -0.15) is 0 Å². The lowest BCUT2D eigenvalue weighted by Gasteiger charge is -2.18. The molecule has 6 aromatic carbocycles. The van der Waals surface area contributed by atoms with Crippen LogP contribution in [0.4, 0.5) is 0 Å². The molecule has 232 valence electrons. The van der Waals surface area contributed by atoms with Gasteiger partial charge in [0.1, 0.15) is 0 Å². The molecule has 3 heteroatoms. The van der Waals surface area contributed by atoms with E-state index in [2.05, 4.69) is 145 Å². The van der Waals surface area contributed by atoms with Crippen LogP contribution in [0.25, 0.3) is 66.5 Å². The van der Waals surface area contributed by atoms with Gasteiger partial charge in [0.05, 0.1) is 0 Å². The van der Waals surface area contributed by atoms with E-state index >= 15 is 0 Å². The lowest BCUT2D eigenvalue weighted by Crippen LogP contribution is -2.04. The molecule has 0 bridgehead atoms. The van der Waals surface area contributed by atoms with Crippen LogP contribution < -0.4 is 0 Å². The molecule has 3 nitrogen and oxygen atoms in total. The fourth-order valence-corrected chi connectivity index (χ4v) is 8.83. The van der Waals surface area contributed by atoms with Gasteiger partial charge in [0.2, 0.25) is 0 Å². The maximum Gasteiger partial charge on any atom is 0.164 e. The third-order valence-corrected chi connectivity index (χ3v) is 10.6. The SMILES string of the molecule is Cc1cc(C)c(-c2nc(-c3c(C)cc(C)cc3C)nc(-c3cc4c5cccc6c5c(cc4c4ccccc34)C3C=CC=CC63)n2)c(C)c1. The summed E-state index contributed by atoms with van der Waals surface area (Å²) in [4.78, 5) is 15.9. The molecule has 2 unspecified atom stereocenters. The highest BCUT2D eigenvalue weighted by molar-refractivity contribution is 6.22. The molecular formula is C45H37N3. The topological polar surface area (TPSA) is 38.7 Å². The molecule has 2 atom stereocenters. The van der Waals surface area contributed by atoms with E-state index in [0.29, 0.717) is 17.7 Å². The van der Waals surface area contributed by atoms with E-state index in [-0.39, 0.29) is 0 Å². The second-order valence-electron chi connectivity index (χ2n) is 14.0. The summed E-state index contributed by atoms with van der Waals surface area (Å²) in [5.74, 6) is 2.89. The Bertz CT molecular complexity index is 2460. The summed E-state index contributed by atoms with van der Waals surface area (Å²) in [7, 11) is 0. The number of benzene rings is 6. The Morgan fingerprint density at radius 1 is 0.438 bits per heavy atom. The summed E-state index contributed by atoms with van der Waals surface area (Å²) in [6, 6.07) is 29.3. The zero-order valence-corrected chi connectivity index (χ0v) is 28.3. The van der Waals surface area contributed by atoms with Crippen molar-refractivity contribution in [3.8, 4) is 34.2 Å². The fraction of sp³-hybridized carbons (Fsp3) is 0.178. The first-order valence-electron chi connectivity index (χ1n) is 17.0. The minimum atomic E-state index is 0.369. The average molecular weight is 620 g/mol. The minimum absolute atomic E-state index is 0.369. The third kappa shape index (κ3) is 4.23. The highest BCUT2D eigenvalue weighted by atomic mass is 15.0. The monoisotopic (exact) mass is 619 g/mol. The van der Waals surface area contributed by atoms with Gasteiger partial charge in [-0.25, -0.2) is 15.0 Å². The molecule has 2 aliphatic rings. The van der Waals surface area contributed by atoms with E-state index in [9.17, 15) is 0 Å². The Hall–Kier alpha value is -5.41. The minimum Gasteiger partial charge on any atom is -0.208 e. The number of aromatic nitrogens is 3. The Balaban J connectivity index is 1.39. The Kier molecular flexibility index (Phi) is 6.33. The van der Waals surface area contributed by atoms with Gasteiger partial charge in [0.25, 0.3) is 0 Å². The molecule has 0 aliphatic heterocycles. The van der Waals surface area contributed by atoms with Crippen molar-refractivity contribution in [2.24, 2.45) is 0 Å². The molecule has 0 saturated carbocycles. The Labute approximate surface area is 281 Å². The van der Waals surface area contributed by atoms with Gasteiger partial charge in [0.15, 0.2) is 17.5 Å². The highest BCUT2D eigenvalue weighted by Crippen LogP contribution is 2.52. The van der Waals surface area contributed by atoms with Crippen LogP contribution >= 0.6 is 0 Å². The molecule has 0 N–H and O–H groups in total. The summed E-state index contributed by atoms with van der Waals surface area (Å²) in [6.07, 6.45) is 9.14. The summed E-state index contributed by atoms with van der Waals surface area (Å²) < 4.78 is 0. The lowest BCUT2D eigenvalue weighted by molar-refractivity contribution is 0.769. The van der Waals surface area contributed by atoms with Crippen molar-refractivity contribution in [2.75, 3.05) is 0 Å². The molecule has 0 spiro atoms.